The Labute approximate surface area is 71.6 Å². The monoisotopic (exact) mass is 180 g/mol. The second-order valence-corrected chi connectivity index (χ2v) is 1.71. The first kappa shape index (κ1) is 13.9. The van der Waals surface area contributed by atoms with Gasteiger partial charge in [0.15, 0.2) is 0 Å². The van der Waals surface area contributed by atoms with E-state index in [0.717, 1.165) is 0 Å². The van der Waals surface area contributed by atoms with E-state index in [1.165, 1.54) is 7.11 Å². The van der Waals surface area contributed by atoms with Gasteiger partial charge in [-0.3, -0.25) is 0 Å². The molecule has 0 aromatic carbocycles. The summed E-state index contributed by atoms with van der Waals surface area (Å²) >= 11 is 0. The molecule has 12 heavy (non-hydrogen) atoms. The quantitative estimate of drug-likeness (QED) is 0.364. The number of ether oxygens (including phenoxy) is 2. The lowest BCUT2D eigenvalue weighted by atomic mass is 10.8. The number of nitrogens with two attached hydrogens (primary N) is 1. The van der Waals surface area contributed by atoms with Gasteiger partial charge >= 0.3 is 5.97 Å². The molecule has 0 fully saturated rings. The Kier molecular flexibility index (Phi) is 15.0. The Morgan fingerprint density at radius 3 is 2.42 bits per heavy atom. The fourth-order valence-electron chi connectivity index (χ4n) is 0.212. The van der Waals surface area contributed by atoms with Crippen LogP contribution in [0.4, 0.5) is 0 Å². The summed E-state index contributed by atoms with van der Waals surface area (Å²) in [7, 11) is 3.24. The van der Waals surface area contributed by atoms with Gasteiger partial charge in [-0.05, 0) is 7.05 Å². The van der Waals surface area contributed by atoms with Crippen LogP contribution in [-0.4, -0.2) is 45.3 Å². The summed E-state index contributed by atoms with van der Waals surface area (Å²) in [6.07, 6.45) is 0. The maximum atomic E-state index is 9.69. The minimum atomic E-state index is -0.984. The van der Waals surface area contributed by atoms with Crippen molar-refractivity contribution < 1.29 is 19.4 Å². The molecule has 4 N–H and O–H groups in total. The van der Waals surface area contributed by atoms with Gasteiger partial charge < -0.3 is 25.6 Å². The van der Waals surface area contributed by atoms with Gasteiger partial charge in [0, 0.05) is 13.8 Å². The molecule has 0 saturated carbocycles. The van der Waals surface area contributed by atoms with Crippen LogP contribution in [0.1, 0.15) is 0 Å². The van der Waals surface area contributed by atoms with Gasteiger partial charge in [-0.15, -0.1) is 0 Å². The highest BCUT2D eigenvalue weighted by Crippen LogP contribution is 1.72. The Balaban J connectivity index is 0. The maximum absolute atomic E-state index is 9.69. The number of methoxy groups -OCH3 is 1. The number of hydrogen-bond acceptors (Lipinski definition) is 5. The molecule has 6 heteroatoms. The molecule has 74 valence electrons. The van der Waals surface area contributed by atoms with E-state index in [1.54, 1.807) is 7.05 Å². The van der Waals surface area contributed by atoms with Crippen molar-refractivity contribution in [2.75, 3.05) is 34.2 Å². The fourth-order valence-corrected chi connectivity index (χ4v) is 0.212. The van der Waals surface area contributed by atoms with Crippen molar-refractivity contribution >= 4 is 5.97 Å². The summed E-state index contributed by atoms with van der Waals surface area (Å²) in [5.41, 5.74) is 4.92. The van der Waals surface area contributed by atoms with Gasteiger partial charge in [0.2, 0.25) is 0 Å². The third-order valence-corrected chi connectivity index (χ3v) is 0.631. The molecule has 0 spiro atoms. The molecular weight excluding hydrogens is 164 g/mol. The topological polar surface area (TPSA) is 93.8 Å². The standard InChI is InChI=1S/C4H8O4.C2H8N2/c1-7-3-8-2-4(5)6;1-4-2-3/h2-3H2,1H3,(H,5,6);4H,2-3H2,1H3. The first-order valence-electron chi connectivity index (χ1n) is 3.32. The highest BCUT2D eigenvalue weighted by atomic mass is 16.7. The highest BCUT2D eigenvalue weighted by molar-refractivity contribution is 5.67. The number of nitrogens with one attached hydrogen (secondary N) is 1. The summed E-state index contributed by atoms with van der Waals surface area (Å²) in [5.74, 6) is -0.984. The summed E-state index contributed by atoms with van der Waals surface area (Å²) in [4.78, 5) is 9.69. The van der Waals surface area contributed by atoms with Crippen LogP contribution in [0.15, 0.2) is 0 Å². The molecule has 0 heterocycles. The molecule has 0 radical (unpaired) electrons. The molecule has 6 nitrogen and oxygen atoms in total. The van der Waals surface area contributed by atoms with Crippen LogP contribution in [-0.2, 0) is 14.3 Å². The summed E-state index contributed by atoms with van der Waals surface area (Å²) in [5, 5.41) is 10.7. The van der Waals surface area contributed by atoms with E-state index >= 15 is 0 Å². The molecule has 0 aliphatic heterocycles. The number of carboxylic acids is 1. The first-order chi connectivity index (χ1) is 5.68. The maximum Gasteiger partial charge on any atom is 0.329 e. The molecule has 0 aromatic heterocycles. The molecule has 0 atom stereocenters. The van der Waals surface area contributed by atoms with Crippen LogP contribution in [0.25, 0.3) is 0 Å². The average Bonchev–Trinajstić information content (AvgIpc) is 2.05. The molecule has 0 amide bonds. The van der Waals surface area contributed by atoms with E-state index in [-0.39, 0.29) is 13.4 Å². The third-order valence-electron chi connectivity index (χ3n) is 0.631. The van der Waals surface area contributed by atoms with Crippen molar-refractivity contribution in [2.24, 2.45) is 5.73 Å². The van der Waals surface area contributed by atoms with Crippen molar-refractivity contribution in [1.29, 1.82) is 0 Å². The van der Waals surface area contributed by atoms with Crippen molar-refractivity contribution in [3.63, 3.8) is 0 Å². The van der Waals surface area contributed by atoms with Crippen LogP contribution >= 0.6 is 0 Å². The van der Waals surface area contributed by atoms with Crippen molar-refractivity contribution in [2.45, 2.75) is 0 Å². The summed E-state index contributed by atoms with van der Waals surface area (Å²) < 4.78 is 8.83. The molecule has 0 bridgehead atoms. The lowest BCUT2D eigenvalue weighted by Gasteiger charge is -1.95. The second kappa shape index (κ2) is 12.9. The van der Waals surface area contributed by atoms with Crippen molar-refractivity contribution in [1.82, 2.24) is 5.32 Å². The zero-order valence-corrected chi connectivity index (χ0v) is 7.37. The Morgan fingerprint density at radius 1 is 1.67 bits per heavy atom. The van der Waals surface area contributed by atoms with Crippen LogP contribution in [0, 0.1) is 0 Å². The van der Waals surface area contributed by atoms with Gasteiger partial charge in [0.1, 0.15) is 13.4 Å². The normalized spacial score (nSPS) is 8.58. The van der Waals surface area contributed by atoms with E-state index in [2.05, 4.69) is 14.8 Å². The summed E-state index contributed by atoms with van der Waals surface area (Å²) in [6, 6.07) is 0. The Bertz CT molecular complexity index is 97.5. The fraction of sp³-hybridized carbons (Fsp3) is 0.833. The van der Waals surface area contributed by atoms with Crippen LogP contribution in [0.2, 0.25) is 0 Å². The number of aliphatic carboxylic acids is 1. The van der Waals surface area contributed by atoms with Gasteiger partial charge in [-0.1, -0.05) is 0 Å². The molecule has 0 unspecified atom stereocenters. The van der Waals surface area contributed by atoms with Gasteiger partial charge in [-0.25, -0.2) is 4.79 Å². The average molecular weight is 180 g/mol. The van der Waals surface area contributed by atoms with E-state index < -0.39 is 5.97 Å². The number of hydrogen-bond donors (Lipinski definition) is 3. The lowest BCUT2D eigenvalue weighted by Crippen LogP contribution is -2.15. The Hall–Kier alpha value is -0.690. The molecule has 0 rings (SSSR count). The smallest absolute Gasteiger partial charge is 0.329 e. The molecular formula is C6H16N2O4. The van der Waals surface area contributed by atoms with Crippen molar-refractivity contribution in [3.05, 3.63) is 0 Å². The zero-order chi connectivity index (χ0) is 9.82. The SMILES string of the molecule is CNCN.COCOCC(=O)O. The minimum Gasteiger partial charge on any atom is -0.480 e. The molecule has 0 aromatic rings. The minimum absolute atomic E-state index is 0.0340. The van der Waals surface area contributed by atoms with E-state index in [9.17, 15) is 4.79 Å². The molecule has 0 saturated heterocycles. The van der Waals surface area contributed by atoms with Crippen molar-refractivity contribution in [3.8, 4) is 0 Å². The van der Waals surface area contributed by atoms with Gasteiger partial charge in [-0.2, -0.15) is 0 Å². The predicted octanol–water partition coefficient (Wildman–Crippen LogP) is -1.19. The van der Waals surface area contributed by atoms with E-state index in [0.29, 0.717) is 6.67 Å². The molecule has 0 aliphatic rings. The van der Waals surface area contributed by atoms with Crippen LogP contribution in [0.5, 0.6) is 0 Å². The number of rotatable bonds is 5. The number of carbonyl (C=O) groups is 1. The second-order valence-electron chi connectivity index (χ2n) is 1.71. The first-order valence-corrected chi connectivity index (χ1v) is 3.32. The van der Waals surface area contributed by atoms with Crippen LogP contribution in [0.3, 0.4) is 0 Å². The molecule has 0 aliphatic carbocycles. The van der Waals surface area contributed by atoms with E-state index in [1.807, 2.05) is 0 Å². The largest absolute Gasteiger partial charge is 0.480 e. The highest BCUT2D eigenvalue weighted by Gasteiger charge is 1.92. The van der Waals surface area contributed by atoms with Crippen LogP contribution < -0.4 is 11.1 Å². The van der Waals surface area contributed by atoms with Gasteiger partial charge in [0.05, 0.1) is 0 Å². The predicted molar refractivity (Wildman–Crippen MR) is 43.6 cm³/mol. The zero-order valence-electron chi connectivity index (χ0n) is 7.37. The number of carboxylic acid groups (broad SMARTS) is 1. The lowest BCUT2D eigenvalue weighted by molar-refractivity contribution is -0.146. The van der Waals surface area contributed by atoms with E-state index in [4.69, 9.17) is 10.8 Å². The Morgan fingerprint density at radius 2 is 2.17 bits per heavy atom. The summed E-state index contributed by atoms with van der Waals surface area (Å²) in [6.45, 7) is 0.306. The third kappa shape index (κ3) is 22.8. The van der Waals surface area contributed by atoms with Gasteiger partial charge in [0.25, 0.3) is 0 Å².